The van der Waals surface area contributed by atoms with Crippen LogP contribution in [0.2, 0.25) is 0 Å². The van der Waals surface area contributed by atoms with Gasteiger partial charge in [0.05, 0.1) is 7.11 Å². The molecule has 0 saturated carbocycles. The molecule has 0 aromatic heterocycles. The Morgan fingerprint density at radius 1 is 1.38 bits per heavy atom. The van der Waals surface area contributed by atoms with Crippen LogP contribution in [0.5, 0.6) is 11.5 Å². The summed E-state index contributed by atoms with van der Waals surface area (Å²) >= 11 is 2.02. The number of hydrogen-bond acceptors (Lipinski definition) is 5. The maximum atomic E-state index is 10.00. The molecule has 1 aliphatic heterocycles. The van der Waals surface area contributed by atoms with Crippen molar-refractivity contribution in [3.63, 3.8) is 0 Å². The number of ether oxygens (including phenoxy) is 2. The van der Waals surface area contributed by atoms with E-state index in [1.54, 1.807) is 7.11 Å². The van der Waals surface area contributed by atoms with Crippen molar-refractivity contribution in [1.82, 2.24) is 5.32 Å². The van der Waals surface area contributed by atoms with Crippen LogP contribution in [0.4, 0.5) is 0 Å². The van der Waals surface area contributed by atoms with Gasteiger partial charge in [0.15, 0.2) is 11.5 Å². The van der Waals surface area contributed by atoms with Gasteiger partial charge < -0.3 is 19.9 Å². The van der Waals surface area contributed by atoms with Crippen molar-refractivity contribution in [3.05, 3.63) is 24.3 Å². The summed E-state index contributed by atoms with van der Waals surface area (Å²) in [5, 5.41) is 13.3. The maximum Gasteiger partial charge on any atom is 0.161 e. The molecule has 2 atom stereocenters. The molecule has 0 radical (unpaired) electrons. The summed E-state index contributed by atoms with van der Waals surface area (Å²) in [6, 6.07) is 7.47. The van der Waals surface area contributed by atoms with Crippen LogP contribution in [0.3, 0.4) is 0 Å². The van der Waals surface area contributed by atoms with Gasteiger partial charge in [-0.25, -0.2) is 0 Å². The third kappa shape index (κ3) is 5.09. The van der Waals surface area contributed by atoms with Crippen LogP contribution < -0.4 is 14.8 Å². The van der Waals surface area contributed by atoms with Crippen LogP contribution >= 0.6 is 11.8 Å². The van der Waals surface area contributed by atoms with Crippen LogP contribution in [0, 0.1) is 0 Å². The number of methoxy groups -OCH3 is 1. The van der Waals surface area contributed by atoms with Crippen molar-refractivity contribution in [2.24, 2.45) is 0 Å². The molecule has 118 valence electrons. The van der Waals surface area contributed by atoms with Crippen LogP contribution in [0.25, 0.3) is 0 Å². The van der Waals surface area contributed by atoms with Gasteiger partial charge in [0, 0.05) is 17.8 Å². The normalized spacial score (nSPS) is 23.0. The molecule has 1 fully saturated rings. The van der Waals surface area contributed by atoms with Gasteiger partial charge >= 0.3 is 0 Å². The highest BCUT2D eigenvalue weighted by Gasteiger charge is 2.28. The van der Waals surface area contributed by atoms with Crippen LogP contribution in [0.1, 0.15) is 19.8 Å². The molecule has 4 nitrogen and oxygen atoms in total. The lowest BCUT2D eigenvalue weighted by Gasteiger charge is -2.24. The maximum absolute atomic E-state index is 10.00. The zero-order valence-corrected chi connectivity index (χ0v) is 13.6. The van der Waals surface area contributed by atoms with E-state index in [0.717, 1.165) is 6.54 Å². The average molecular weight is 311 g/mol. The molecule has 1 aromatic rings. The number of nitrogens with one attached hydrogen (secondary N) is 1. The number of para-hydroxylation sites is 2. The average Bonchev–Trinajstić information content (AvgIpc) is 2.92. The summed E-state index contributed by atoms with van der Waals surface area (Å²) in [6.07, 6.45) is 2.02. The number of rotatable bonds is 8. The molecular formula is C16H25NO3S. The Morgan fingerprint density at radius 3 is 2.81 bits per heavy atom. The molecule has 0 amide bonds. The number of hydrogen-bond donors (Lipinski definition) is 2. The van der Waals surface area contributed by atoms with E-state index in [-0.39, 0.29) is 6.61 Å². The van der Waals surface area contributed by atoms with Gasteiger partial charge in [-0.3, -0.25) is 0 Å². The lowest BCUT2D eigenvalue weighted by molar-refractivity contribution is 0.104. The summed E-state index contributed by atoms with van der Waals surface area (Å²) in [7, 11) is 1.61. The second kappa shape index (κ2) is 7.92. The highest BCUT2D eigenvalue weighted by molar-refractivity contribution is 8.00. The Hall–Kier alpha value is -0.910. The smallest absolute Gasteiger partial charge is 0.161 e. The molecular weight excluding hydrogens is 286 g/mol. The molecule has 2 rings (SSSR count). The van der Waals surface area contributed by atoms with E-state index in [2.05, 4.69) is 12.2 Å². The fourth-order valence-electron chi connectivity index (χ4n) is 2.46. The van der Waals surface area contributed by atoms with Crippen molar-refractivity contribution in [3.8, 4) is 11.5 Å². The quantitative estimate of drug-likeness (QED) is 0.771. The fraction of sp³-hybridized carbons (Fsp3) is 0.625. The van der Waals surface area contributed by atoms with Gasteiger partial charge in [-0.1, -0.05) is 12.1 Å². The molecule has 5 heteroatoms. The van der Waals surface area contributed by atoms with Crippen molar-refractivity contribution in [2.45, 2.75) is 30.6 Å². The topological polar surface area (TPSA) is 50.7 Å². The van der Waals surface area contributed by atoms with Crippen molar-refractivity contribution in [2.75, 3.05) is 32.6 Å². The first-order chi connectivity index (χ1) is 10.1. The van der Waals surface area contributed by atoms with Gasteiger partial charge in [-0.2, -0.15) is 11.8 Å². The minimum Gasteiger partial charge on any atom is -0.493 e. The zero-order valence-electron chi connectivity index (χ0n) is 12.8. The first-order valence-electron chi connectivity index (χ1n) is 7.41. The minimum atomic E-state index is -0.523. The molecule has 1 heterocycles. The Bertz CT molecular complexity index is 435. The van der Waals surface area contributed by atoms with E-state index in [9.17, 15) is 5.11 Å². The second-order valence-corrected chi connectivity index (χ2v) is 7.33. The number of benzene rings is 1. The van der Waals surface area contributed by atoms with E-state index >= 15 is 0 Å². The SMILES string of the molecule is COc1ccccc1OCC(O)CNCC1(C)CCCS1. The van der Waals surface area contributed by atoms with Crippen molar-refractivity contribution < 1.29 is 14.6 Å². The number of aliphatic hydroxyl groups excluding tert-OH is 1. The largest absolute Gasteiger partial charge is 0.493 e. The summed E-state index contributed by atoms with van der Waals surface area (Å²) in [5.41, 5.74) is 0. The number of aliphatic hydroxyl groups is 1. The van der Waals surface area contributed by atoms with Crippen LogP contribution in [-0.4, -0.2) is 48.5 Å². The fourth-order valence-corrected chi connectivity index (χ4v) is 3.74. The summed E-state index contributed by atoms with van der Waals surface area (Å²) < 4.78 is 11.2. The van der Waals surface area contributed by atoms with E-state index in [1.807, 2.05) is 36.0 Å². The highest BCUT2D eigenvalue weighted by atomic mass is 32.2. The van der Waals surface area contributed by atoms with Gasteiger partial charge in [-0.15, -0.1) is 0 Å². The predicted octanol–water partition coefficient (Wildman–Crippen LogP) is 2.31. The highest BCUT2D eigenvalue weighted by Crippen LogP contribution is 2.36. The molecule has 1 aliphatic rings. The monoisotopic (exact) mass is 311 g/mol. The van der Waals surface area contributed by atoms with E-state index in [0.29, 0.717) is 22.8 Å². The molecule has 0 spiro atoms. The Balaban J connectivity index is 1.68. The summed E-state index contributed by atoms with van der Waals surface area (Å²) in [4.78, 5) is 0. The van der Waals surface area contributed by atoms with Crippen molar-refractivity contribution in [1.29, 1.82) is 0 Å². The minimum absolute atomic E-state index is 0.261. The third-order valence-corrected chi connectivity index (χ3v) is 5.22. The Kier molecular flexibility index (Phi) is 6.21. The lowest BCUT2D eigenvalue weighted by atomic mass is 10.1. The van der Waals surface area contributed by atoms with Gasteiger partial charge in [0.1, 0.15) is 12.7 Å². The molecule has 1 saturated heterocycles. The first-order valence-corrected chi connectivity index (χ1v) is 8.40. The first kappa shape index (κ1) is 16.5. The van der Waals surface area contributed by atoms with Gasteiger partial charge in [0.25, 0.3) is 0 Å². The van der Waals surface area contributed by atoms with Gasteiger partial charge in [0.2, 0.25) is 0 Å². The summed E-state index contributed by atoms with van der Waals surface area (Å²) in [6.45, 7) is 4.03. The summed E-state index contributed by atoms with van der Waals surface area (Å²) in [5.74, 6) is 2.60. The molecule has 0 bridgehead atoms. The van der Waals surface area contributed by atoms with Crippen LogP contribution in [-0.2, 0) is 0 Å². The molecule has 0 aliphatic carbocycles. The molecule has 2 unspecified atom stereocenters. The predicted molar refractivity (Wildman–Crippen MR) is 87.5 cm³/mol. The third-order valence-electron chi connectivity index (χ3n) is 3.68. The number of thioether (sulfide) groups is 1. The van der Waals surface area contributed by atoms with Gasteiger partial charge in [-0.05, 0) is 37.7 Å². The van der Waals surface area contributed by atoms with E-state index < -0.39 is 6.10 Å². The molecule has 1 aromatic carbocycles. The van der Waals surface area contributed by atoms with E-state index in [1.165, 1.54) is 18.6 Å². The van der Waals surface area contributed by atoms with Crippen molar-refractivity contribution >= 4 is 11.8 Å². The molecule has 2 N–H and O–H groups in total. The molecule has 21 heavy (non-hydrogen) atoms. The Morgan fingerprint density at radius 2 is 2.14 bits per heavy atom. The lowest BCUT2D eigenvalue weighted by Crippen LogP contribution is -2.39. The van der Waals surface area contributed by atoms with Crippen LogP contribution in [0.15, 0.2) is 24.3 Å². The Labute approximate surface area is 131 Å². The standard InChI is InChI=1S/C16H25NO3S/c1-16(8-5-9-21-16)12-17-10-13(18)11-20-15-7-4-3-6-14(15)19-2/h3-4,6-7,13,17-18H,5,8-12H2,1-2H3. The zero-order chi connectivity index (χ0) is 15.1. The van der Waals surface area contributed by atoms with E-state index in [4.69, 9.17) is 9.47 Å². The second-order valence-electron chi connectivity index (χ2n) is 5.65.